The van der Waals surface area contributed by atoms with Gasteiger partial charge in [0.2, 0.25) is 5.91 Å². The molecule has 0 aliphatic carbocycles. The Morgan fingerprint density at radius 3 is 2.68 bits per heavy atom. The average molecular weight is 463 g/mol. The molecular formula is C26H27FN4O3. The highest BCUT2D eigenvalue weighted by Crippen LogP contribution is 2.32. The van der Waals surface area contributed by atoms with E-state index in [1.54, 1.807) is 23.7 Å². The van der Waals surface area contributed by atoms with Crippen LogP contribution in [0.5, 0.6) is 0 Å². The van der Waals surface area contributed by atoms with Crippen molar-refractivity contribution in [2.45, 2.75) is 45.8 Å². The van der Waals surface area contributed by atoms with Crippen LogP contribution in [0.3, 0.4) is 0 Å². The lowest BCUT2D eigenvalue weighted by Crippen LogP contribution is -2.32. The zero-order valence-electron chi connectivity index (χ0n) is 19.3. The fourth-order valence-corrected chi connectivity index (χ4v) is 4.03. The molecule has 1 aliphatic rings. The number of nitrogens with zero attached hydrogens (tertiary/aromatic N) is 2. The van der Waals surface area contributed by atoms with Crippen molar-refractivity contribution in [3.8, 4) is 11.3 Å². The van der Waals surface area contributed by atoms with Gasteiger partial charge in [0, 0.05) is 41.1 Å². The zero-order valence-corrected chi connectivity index (χ0v) is 19.3. The third kappa shape index (κ3) is 5.07. The Kier molecular flexibility index (Phi) is 6.61. The molecule has 0 spiro atoms. The minimum atomic E-state index is -0.516. The summed E-state index contributed by atoms with van der Waals surface area (Å²) in [4.78, 5) is 25.3. The molecule has 1 aromatic heterocycles. The molecule has 0 fully saturated rings. The van der Waals surface area contributed by atoms with Gasteiger partial charge in [-0.25, -0.2) is 4.39 Å². The lowest BCUT2D eigenvalue weighted by molar-refractivity contribution is -0.121. The number of aromatic nitrogens is 2. The summed E-state index contributed by atoms with van der Waals surface area (Å²) in [6, 6.07) is 13.5. The number of halogens is 1. The molecule has 8 heteroatoms. The number of nitrogens with one attached hydrogen (secondary N) is 2. The molecule has 0 radical (unpaired) electrons. The average Bonchev–Trinajstić information content (AvgIpc) is 3.15. The van der Waals surface area contributed by atoms with Crippen molar-refractivity contribution < 1.29 is 19.1 Å². The van der Waals surface area contributed by atoms with Crippen LogP contribution in [0.4, 0.5) is 10.1 Å². The minimum absolute atomic E-state index is 0.101. The molecule has 0 bridgehead atoms. The second-order valence-corrected chi connectivity index (χ2v) is 8.66. The van der Waals surface area contributed by atoms with Gasteiger partial charge in [-0.15, -0.1) is 0 Å². The SMILES string of the molecule is Cc1ccc(-c2cc(C)n(C[C@H](C)O)n2)cc1NC(=O)C1=CNC(=O)CC1c1ccc(F)cc1. The molecule has 4 rings (SSSR count). The molecule has 2 amide bonds. The fraction of sp³-hybridized carbons (Fsp3) is 0.269. The van der Waals surface area contributed by atoms with Crippen LogP contribution in [0.1, 0.15) is 36.1 Å². The summed E-state index contributed by atoms with van der Waals surface area (Å²) in [5.74, 6) is -1.40. The Balaban J connectivity index is 1.60. The minimum Gasteiger partial charge on any atom is -0.391 e. The van der Waals surface area contributed by atoms with Gasteiger partial charge in [0.15, 0.2) is 0 Å². The summed E-state index contributed by atoms with van der Waals surface area (Å²) in [5.41, 5.74) is 5.08. The maximum atomic E-state index is 13.4. The fourth-order valence-electron chi connectivity index (χ4n) is 4.03. The predicted molar refractivity (Wildman–Crippen MR) is 127 cm³/mol. The third-order valence-electron chi connectivity index (χ3n) is 5.89. The first kappa shape index (κ1) is 23.4. The Morgan fingerprint density at radius 1 is 1.24 bits per heavy atom. The molecule has 0 saturated carbocycles. The number of aliphatic hydroxyl groups is 1. The van der Waals surface area contributed by atoms with E-state index in [1.165, 1.54) is 18.3 Å². The van der Waals surface area contributed by atoms with Gasteiger partial charge >= 0.3 is 0 Å². The Bertz CT molecular complexity index is 1260. The van der Waals surface area contributed by atoms with Crippen molar-refractivity contribution in [3.63, 3.8) is 0 Å². The van der Waals surface area contributed by atoms with E-state index in [0.29, 0.717) is 23.4 Å². The van der Waals surface area contributed by atoms with Crippen molar-refractivity contribution in [1.82, 2.24) is 15.1 Å². The topological polar surface area (TPSA) is 96.2 Å². The number of anilines is 1. The van der Waals surface area contributed by atoms with E-state index in [2.05, 4.69) is 15.7 Å². The highest BCUT2D eigenvalue weighted by molar-refractivity contribution is 6.07. The summed E-state index contributed by atoms with van der Waals surface area (Å²) in [6.45, 7) is 5.92. The lowest BCUT2D eigenvalue weighted by atomic mass is 9.86. The summed E-state index contributed by atoms with van der Waals surface area (Å²) >= 11 is 0. The monoisotopic (exact) mass is 462 g/mol. The van der Waals surface area contributed by atoms with Crippen molar-refractivity contribution in [3.05, 3.63) is 82.9 Å². The van der Waals surface area contributed by atoms with E-state index in [-0.39, 0.29) is 24.1 Å². The number of carbonyl (C=O) groups excluding carboxylic acids is 2. The van der Waals surface area contributed by atoms with Gasteiger partial charge in [0.25, 0.3) is 5.91 Å². The van der Waals surface area contributed by atoms with Crippen LogP contribution in [-0.4, -0.2) is 32.8 Å². The molecule has 3 N–H and O–H groups in total. The van der Waals surface area contributed by atoms with E-state index in [4.69, 9.17) is 0 Å². The van der Waals surface area contributed by atoms with Gasteiger partial charge in [0.05, 0.1) is 18.3 Å². The van der Waals surface area contributed by atoms with E-state index in [0.717, 1.165) is 22.5 Å². The first-order valence-electron chi connectivity index (χ1n) is 11.1. The number of benzene rings is 2. The Labute approximate surface area is 197 Å². The summed E-state index contributed by atoms with van der Waals surface area (Å²) in [7, 11) is 0. The van der Waals surface area contributed by atoms with Crippen molar-refractivity contribution >= 4 is 17.5 Å². The molecule has 0 saturated heterocycles. The second-order valence-electron chi connectivity index (χ2n) is 8.66. The van der Waals surface area contributed by atoms with Gasteiger partial charge in [-0.3, -0.25) is 14.3 Å². The molecule has 3 aromatic rings. The Hall–Kier alpha value is -3.78. The molecular weight excluding hydrogens is 435 g/mol. The number of amides is 2. The van der Waals surface area contributed by atoms with Crippen LogP contribution >= 0.6 is 0 Å². The normalized spacial score (nSPS) is 16.6. The zero-order chi connectivity index (χ0) is 24.4. The number of rotatable bonds is 6. The van der Waals surface area contributed by atoms with E-state index in [9.17, 15) is 19.1 Å². The van der Waals surface area contributed by atoms with Crippen LogP contribution in [0.25, 0.3) is 11.3 Å². The molecule has 34 heavy (non-hydrogen) atoms. The first-order chi connectivity index (χ1) is 16.2. The van der Waals surface area contributed by atoms with Crippen molar-refractivity contribution in [2.24, 2.45) is 0 Å². The molecule has 1 aliphatic heterocycles. The molecule has 7 nitrogen and oxygen atoms in total. The van der Waals surface area contributed by atoms with E-state index < -0.39 is 12.0 Å². The van der Waals surface area contributed by atoms with Crippen LogP contribution in [0, 0.1) is 19.7 Å². The highest BCUT2D eigenvalue weighted by Gasteiger charge is 2.29. The summed E-state index contributed by atoms with van der Waals surface area (Å²) < 4.78 is 15.1. The first-order valence-corrected chi connectivity index (χ1v) is 11.1. The van der Waals surface area contributed by atoms with Crippen molar-refractivity contribution in [2.75, 3.05) is 5.32 Å². The molecule has 2 aromatic carbocycles. The lowest BCUT2D eigenvalue weighted by Gasteiger charge is -2.24. The summed E-state index contributed by atoms with van der Waals surface area (Å²) in [6.07, 6.45) is 1.01. The van der Waals surface area contributed by atoms with Crippen LogP contribution in [-0.2, 0) is 16.1 Å². The number of hydrogen-bond acceptors (Lipinski definition) is 4. The number of aliphatic hydroxyl groups excluding tert-OH is 1. The van der Waals surface area contributed by atoms with Crippen LogP contribution < -0.4 is 10.6 Å². The maximum absolute atomic E-state index is 13.4. The van der Waals surface area contributed by atoms with Crippen LogP contribution in [0.15, 0.2) is 60.3 Å². The number of carbonyl (C=O) groups is 2. The largest absolute Gasteiger partial charge is 0.391 e. The van der Waals surface area contributed by atoms with Gasteiger partial charge < -0.3 is 15.7 Å². The summed E-state index contributed by atoms with van der Waals surface area (Å²) in [5, 5.41) is 19.9. The highest BCUT2D eigenvalue weighted by atomic mass is 19.1. The Morgan fingerprint density at radius 2 is 1.97 bits per heavy atom. The maximum Gasteiger partial charge on any atom is 0.253 e. The molecule has 1 unspecified atom stereocenters. The quantitative estimate of drug-likeness (QED) is 0.519. The number of aryl methyl sites for hydroxylation is 2. The molecule has 2 heterocycles. The van der Waals surface area contributed by atoms with E-state index >= 15 is 0 Å². The smallest absolute Gasteiger partial charge is 0.253 e. The van der Waals surface area contributed by atoms with Gasteiger partial charge in [0.1, 0.15) is 5.82 Å². The standard InChI is InChI=1S/C26H27FN4O3/c1-15-4-5-19(24-10-16(2)31(30-24)14-17(3)32)11-23(15)29-26(34)22-13-28-25(33)12-21(22)18-6-8-20(27)9-7-18/h4-11,13,17,21,32H,12,14H2,1-3H3,(H,28,33)(H,29,34)/t17-,21?/m0/s1. The van der Waals surface area contributed by atoms with E-state index in [1.807, 2.05) is 38.1 Å². The third-order valence-corrected chi connectivity index (χ3v) is 5.89. The van der Waals surface area contributed by atoms with Gasteiger partial charge in [-0.05, 0) is 56.2 Å². The molecule has 176 valence electrons. The van der Waals surface area contributed by atoms with Crippen molar-refractivity contribution in [1.29, 1.82) is 0 Å². The predicted octanol–water partition coefficient (Wildman–Crippen LogP) is 3.81. The number of hydrogen-bond donors (Lipinski definition) is 3. The van der Waals surface area contributed by atoms with Gasteiger partial charge in [-0.2, -0.15) is 5.10 Å². The van der Waals surface area contributed by atoms with Gasteiger partial charge in [-0.1, -0.05) is 24.3 Å². The molecule has 2 atom stereocenters. The second kappa shape index (κ2) is 9.61. The van der Waals surface area contributed by atoms with Crippen LogP contribution in [0.2, 0.25) is 0 Å².